The minimum Gasteiger partial charge on any atom is -0.394 e. The van der Waals surface area contributed by atoms with Crippen LogP contribution >= 0.6 is 0 Å². The van der Waals surface area contributed by atoms with Crippen LogP contribution in [0.3, 0.4) is 0 Å². The van der Waals surface area contributed by atoms with Crippen molar-refractivity contribution >= 4 is 23.6 Å². The Morgan fingerprint density at radius 1 is 1.19 bits per heavy atom. The van der Waals surface area contributed by atoms with Crippen molar-refractivity contribution in [3.63, 3.8) is 0 Å². The van der Waals surface area contributed by atoms with Crippen LogP contribution in [0, 0.1) is 0 Å². The summed E-state index contributed by atoms with van der Waals surface area (Å²) in [7, 11) is 0. The van der Waals surface area contributed by atoms with Crippen molar-refractivity contribution in [1.82, 2.24) is 16.0 Å². The van der Waals surface area contributed by atoms with E-state index in [0.29, 0.717) is 6.42 Å². The molecule has 6 N–H and O–H groups in total. The van der Waals surface area contributed by atoms with Crippen LogP contribution in [-0.2, 0) is 25.6 Å². The fourth-order valence-electron chi connectivity index (χ4n) is 2.62. The number of aliphatic hydroxyl groups is 1. The molecular formula is C17H22N4O5. The molecule has 9 nitrogen and oxygen atoms in total. The number of carbonyl (C=O) groups excluding carboxylic acids is 4. The third-order valence-electron chi connectivity index (χ3n) is 4.07. The number of nitrogens with two attached hydrogens (primary N) is 1. The minimum absolute atomic E-state index is 0.187. The van der Waals surface area contributed by atoms with Gasteiger partial charge in [-0.1, -0.05) is 30.3 Å². The Balaban J connectivity index is 1.96. The molecule has 1 aliphatic heterocycles. The zero-order valence-corrected chi connectivity index (χ0v) is 14.1. The molecule has 26 heavy (non-hydrogen) atoms. The van der Waals surface area contributed by atoms with E-state index in [1.165, 1.54) is 0 Å². The molecule has 1 aromatic carbocycles. The molecule has 1 saturated heterocycles. The van der Waals surface area contributed by atoms with Crippen molar-refractivity contribution in [3.05, 3.63) is 35.9 Å². The molecule has 1 fully saturated rings. The van der Waals surface area contributed by atoms with Gasteiger partial charge in [-0.05, 0) is 12.0 Å². The fourth-order valence-corrected chi connectivity index (χ4v) is 2.62. The lowest BCUT2D eigenvalue weighted by Crippen LogP contribution is -2.57. The van der Waals surface area contributed by atoms with Crippen LogP contribution in [0.4, 0.5) is 0 Å². The van der Waals surface area contributed by atoms with E-state index in [-0.39, 0.29) is 18.7 Å². The highest BCUT2D eigenvalue weighted by atomic mass is 16.3. The maximum atomic E-state index is 12.3. The highest BCUT2D eigenvalue weighted by molar-refractivity contribution is 5.95. The molecular weight excluding hydrogens is 340 g/mol. The van der Waals surface area contributed by atoms with Gasteiger partial charge in [0.15, 0.2) is 0 Å². The van der Waals surface area contributed by atoms with E-state index in [1.54, 1.807) is 24.3 Å². The predicted octanol–water partition coefficient (Wildman–Crippen LogP) is -2.05. The van der Waals surface area contributed by atoms with E-state index in [1.807, 2.05) is 6.07 Å². The summed E-state index contributed by atoms with van der Waals surface area (Å²) in [6.45, 7) is -0.658. The van der Waals surface area contributed by atoms with Crippen molar-refractivity contribution in [2.45, 2.75) is 37.4 Å². The largest absolute Gasteiger partial charge is 0.394 e. The van der Waals surface area contributed by atoms with Crippen molar-refractivity contribution < 1.29 is 24.3 Å². The summed E-state index contributed by atoms with van der Waals surface area (Å²) in [5.41, 5.74) is 6.14. The number of amides is 4. The SMILES string of the molecule is NC(=O)[C@H](Cc1ccccc1)NC(=O)[C@H](CO)NC(=O)[C@@H]1CCC(=O)N1. The molecule has 0 unspecified atom stereocenters. The second-order valence-corrected chi connectivity index (χ2v) is 6.06. The second-order valence-electron chi connectivity index (χ2n) is 6.06. The van der Waals surface area contributed by atoms with E-state index in [9.17, 15) is 24.3 Å². The number of aliphatic hydroxyl groups excluding tert-OH is 1. The third kappa shape index (κ3) is 5.28. The van der Waals surface area contributed by atoms with E-state index in [2.05, 4.69) is 16.0 Å². The van der Waals surface area contributed by atoms with Crippen molar-refractivity contribution in [2.75, 3.05) is 6.61 Å². The standard InChI is InChI=1S/C17H22N4O5/c18-15(24)12(8-10-4-2-1-3-5-10)20-17(26)13(9-22)21-16(25)11-6-7-14(23)19-11/h1-5,11-13,22H,6-9H2,(H2,18,24)(H,19,23)(H,20,26)(H,21,25)/t11-,12-,13-/m0/s1. The maximum absolute atomic E-state index is 12.3. The van der Waals surface area contributed by atoms with Gasteiger partial charge < -0.3 is 26.8 Å². The average molecular weight is 362 g/mol. The second kappa shape index (κ2) is 8.95. The number of benzene rings is 1. The Hall–Kier alpha value is -2.94. The number of carbonyl (C=O) groups is 4. The summed E-state index contributed by atoms with van der Waals surface area (Å²) < 4.78 is 0. The van der Waals surface area contributed by atoms with Gasteiger partial charge in [-0.25, -0.2) is 0 Å². The molecule has 0 aliphatic carbocycles. The van der Waals surface area contributed by atoms with Crippen LogP contribution in [-0.4, -0.2) is 53.5 Å². The molecule has 0 aromatic heterocycles. The first-order valence-electron chi connectivity index (χ1n) is 8.25. The van der Waals surface area contributed by atoms with Gasteiger partial charge in [0.2, 0.25) is 23.6 Å². The monoisotopic (exact) mass is 362 g/mol. The zero-order chi connectivity index (χ0) is 19.1. The highest BCUT2D eigenvalue weighted by Crippen LogP contribution is 2.07. The zero-order valence-electron chi connectivity index (χ0n) is 14.1. The summed E-state index contributed by atoms with van der Waals surface area (Å²) in [6.07, 6.45) is 0.740. The third-order valence-corrected chi connectivity index (χ3v) is 4.07. The summed E-state index contributed by atoms with van der Waals surface area (Å²) in [5, 5.41) is 16.7. The first-order chi connectivity index (χ1) is 12.4. The minimum atomic E-state index is -1.25. The van der Waals surface area contributed by atoms with Gasteiger partial charge in [0.1, 0.15) is 18.1 Å². The summed E-state index contributed by atoms with van der Waals surface area (Å²) in [6, 6.07) is 6.01. The summed E-state index contributed by atoms with van der Waals surface area (Å²) in [4.78, 5) is 47.2. The Kier molecular flexibility index (Phi) is 6.67. The van der Waals surface area contributed by atoms with Crippen LogP contribution in [0.5, 0.6) is 0 Å². The molecule has 1 aromatic rings. The van der Waals surface area contributed by atoms with Gasteiger partial charge >= 0.3 is 0 Å². The lowest BCUT2D eigenvalue weighted by Gasteiger charge is -2.22. The number of hydrogen-bond acceptors (Lipinski definition) is 5. The number of hydrogen-bond donors (Lipinski definition) is 5. The molecule has 0 spiro atoms. The average Bonchev–Trinajstić information content (AvgIpc) is 3.06. The van der Waals surface area contributed by atoms with E-state index in [0.717, 1.165) is 5.56 Å². The molecule has 3 atom stereocenters. The fraction of sp³-hybridized carbons (Fsp3) is 0.412. The van der Waals surface area contributed by atoms with Crippen LogP contribution in [0.15, 0.2) is 30.3 Å². The van der Waals surface area contributed by atoms with Crippen molar-refractivity contribution in [1.29, 1.82) is 0 Å². The van der Waals surface area contributed by atoms with Gasteiger partial charge in [-0.2, -0.15) is 0 Å². The smallest absolute Gasteiger partial charge is 0.245 e. The number of rotatable bonds is 8. The van der Waals surface area contributed by atoms with Gasteiger partial charge in [0.05, 0.1) is 6.61 Å². The van der Waals surface area contributed by atoms with Crippen LogP contribution < -0.4 is 21.7 Å². The molecule has 4 amide bonds. The molecule has 0 saturated carbocycles. The summed E-state index contributed by atoms with van der Waals surface area (Å²) >= 11 is 0. The number of nitrogens with one attached hydrogen (secondary N) is 3. The van der Waals surface area contributed by atoms with E-state index >= 15 is 0 Å². The Morgan fingerprint density at radius 3 is 2.42 bits per heavy atom. The van der Waals surface area contributed by atoms with Crippen molar-refractivity contribution in [3.8, 4) is 0 Å². The molecule has 0 radical (unpaired) electrons. The summed E-state index contributed by atoms with van der Waals surface area (Å²) in [5.74, 6) is -2.27. The van der Waals surface area contributed by atoms with Gasteiger partial charge in [0, 0.05) is 12.8 Å². The van der Waals surface area contributed by atoms with E-state index in [4.69, 9.17) is 5.73 Å². The topological polar surface area (TPSA) is 151 Å². The Labute approximate surface area is 150 Å². The lowest BCUT2D eigenvalue weighted by atomic mass is 10.0. The van der Waals surface area contributed by atoms with Gasteiger partial charge in [0.25, 0.3) is 0 Å². The molecule has 1 aliphatic rings. The van der Waals surface area contributed by atoms with Crippen molar-refractivity contribution in [2.24, 2.45) is 5.73 Å². The van der Waals surface area contributed by atoms with Gasteiger partial charge in [-0.3, -0.25) is 19.2 Å². The number of primary amides is 1. The molecule has 2 rings (SSSR count). The van der Waals surface area contributed by atoms with Gasteiger partial charge in [-0.15, -0.1) is 0 Å². The molecule has 1 heterocycles. The van der Waals surface area contributed by atoms with Crippen LogP contribution in [0.1, 0.15) is 18.4 Å². The lowest BCUT2D eigenvalue weighted by molar-refractivity contribution is -0.133. The highest BCUT2D eigenvalue weighted by Gasteiger charge is 2.31. The first kappa shape index (κ1) is 19.4. The van der Waals surface area contributed by atoms with E-state index < -0.39 is 42.5 Å². The predicted molar refractivity (Wildman–Crippen MR) is 91.5 cm³/mol. The Morgan fingerprint density at radius 2 is 1.88 bits per heavy atom. The van der Waals surface area contributed by atoms with Crippen LogP contribution in [0.2, 0.25) is 0 Å². The normalized spacial score (nSPS) is 18.5. The quantitative estimate of drug-likeness (QED) is 0.361. The molecule has 9 heteroatoms. The molecule has 0 bridgehead atoms. The maximum Gasteiger partial charge on any atom is 0.245 e. The first-order valence-corrected chi connectivity index (χ1v) is 8.25. The Bertz CT molecular complexity index is 679. The van der Waals surface area contributed by atoms with Crippen LogP contribution in [0.25, 0.3) is 0 Å². The molecule has 140 valence electrons.